The fourth-order valence-corrected chi connectivity index (χ4v) is 2.33. The molecule has 0 radical (unpaired) electrons. The molecule has 1 aromatic heterocycles. The lowest BCUT2D eigenvalue weighted by atomic mass is 10.3. The molecule has 2 aromatic rings. The van der Waals surface area contributed by atoms with E-state index < -0.39 is 0 Å². The van der Waals surface area contributed by atoms with E-state index in [0.717, 1.165) is 18.1 Å². The molecule has 0 amide bonds. The maximum Gasteiger partial charge on any atom is 0.146 e. The van der Waals surface area contributed by atoms with Crippen LogP contribution in [0.5, 0.6) is 5.75 Å². The minimum atomic E-state index is 0.352. The van der Waals surface area contributed by atoms with Gasteiger partial charge in [-0.3, -0.25) is 0 Å². The largest absolute Gasteiger partial charge is 0.484 e. The normalized spacial score (nSPS) is 14.5. The number of ether oxygens (including phenoxy) is 1. The van der Waals surface area contributed by atoms with Crippen LogP contribution in [0.3, 0.4) is 0 Å². The Morgan fingerprint density at radius 2 is 1.95 bits per heavy atom. The molecule has 1 aliphatic carbocycles. The van der Waals surface area contributed by atoms with Crippen LogP contribution in [0.4, 0.5) is 0 Å². The van der Waals surface area contributed by atoms with Gasteiger partial charge in [-0.05, 0) is 43.2 Å². The van der Waals surface area contributed by atoms with E-state index in [1.807, 2.05) is 12.1 Å². The van der Waals surface area contributed by atoms with Gasteiger partial charge < -0.3 is 14.5 Å². The highest BCUT2D eigenvalue weighted by Crippen LogP contribution is 2.28. The average Bonchev–Trinajstić information content (AvgIpc) is 3.14. The first-order valence-corrected chi connectivity index (χ1v) is 7.35. The number of benzene rings is 1. The van der Waals surface area contributed by atoms with Crippen molar-refractivity contribution in [3.63, 3.8) is 0 Å². The van der Waals surface area contributed by atoms with Gasteiger partial charge in [-0.15, -0.1) is 0 Å². The van der Waals surface area contributed by atoms with Gasteiger partial charge >= 0.3 is 0 Å². The van der Waals surface area contributed by atoms with Crippen LogP contribution in [0.15, 0.2) is 34.7 Å². The minimum Gasteiger partial charge on any atom is -0.484 e. The van der Waals surface area contributed by atoms with E-state index in [2.05, 4.69) is 5.32 Å². The Bertz CT molecular complexity index is 593. The van der Waals surface area contributed by atoms with Crippen LogP contribution < -0.4 is 10.1 Å². The first-order valence-electron chi connectivity index (χ1n) is 6.59. The standard InChI is InChI=1S/C15H15Cl2NO2/c16-10-1-6-15(14(17)7-10)19-9-13-5-4-12(20-13)8-18-11-2-3-11/h1,4-7,11,18H,2-3,8-9H2. The second-order valence-electron chi connectivity index (χ2n) is 4.89. The van der Waals surface area contributed by atoms with Crippen LogP contribution in [0.25, 0.3) is 0 Å². The van der Waals surface area contributed by atoms with Crippen molar-refractivity contribution in [3.8, 4) is 5.75 Å². The SMILES string of the molecule is Clc1ccc(OCc2ccc(CNC3CC3)o2)c(Cl)c1. The van der Waals surface area contributed by atoms with Crippen LogP contribution in [-0.4, -0.2) is 6.04 Å². The molecule has 0 bridgehead atoms. The maximum absolute atomic E-state index is 6.04. The molecular weight excluding hydrogens is 297 g/mol. The molecule has 1 saturated carbocycles. The average molecular weight is 312 g/mol. The Morgan fingerprint density at radius 1 is 1.15 bits per heavy atom. The Morgan fingerprint density at radius 3 is 2.70 bits per heavy atom. The minimum absolute atomic E-state index is 0.352. The van der Waals surface area contributed by atoms with Gasteiger partial charge in [-0.25, -0.2) is 0 Å². The molecule has 0 aliphatic heterocycles. The summed E-state index contributed by atoms with van der Waals surface area (Å²) in [6.45, 7) is 1.12. The van der Waals surface area contributed by atoms with E-state index in [-0.39, 0.29) is 0 Å². The van der Waals surface area contributed by atoms with Crippen molar-refractivity contribution >= 4 is 23.2 Å². The van der Waals surface area contributed by atoms with E-state index in [0.29, 0.717) is 28.4 Å². The third-order valence-electron chi connectivity index (χ3n) is 3.12. The van der Waals surface area contributed by atoms with Gasteiger partial charge in [0.15, 0.2) is 0 Å². The highest BCUT2D eigenvalue weighted by Gasteiger charge is 2.20. The van der Waals surface area contributed by atoms with Gasteiger partial charge in [0.1, 0.15) is 23.9 Å². The molecule has 106 valence electrons. The number of halogens is 2. The lowest BCUT2D eigenvalue weighted by Crippen LogP contribution is -2.14. The molecule has 3 nitrogen and oxygen atoms in total. The molecule has 0 saturated heterocycles. The lowest BCUT2D eigenvalue weighted by Gasteiger charge is -2.06. The summed E-state index contributed by atoms with van der Waals surface area (Å²) in [5.74, 6) is 2.31. The molecule has 0 unspecified atom stereocenters. The molecule has 5 heteroatoms. The number of nitrogens with one attached hydrogen (secondary N) is 1. The highest BCUT2D eigenvalue weighted by molar-refractivity contribution is 6.35. The molecular formula is C15H15Cl2NO2. The predicted molar refractivity (Wildman–Crippen MR) is 79.4 cm³/mol. The Balaban J connectivity index is 1.54. The van der Waals surface area contributed by atoms with E-state index in [1.54, 1.807) is 18.2 Å². The number of hydrogen-bond donors (Lipinski definition) is 1. The van der Waals surface area contributed by atoms with Gasteiger partial charge in [0, 0.05) is 11.1 Å². The fraction of sp³-hybridized carbons (Fsp3) is 0.333. The van der Waals surface area contributed by atoms with Crippen molar-refractivity contribution in [1.82, 2.24) is 5.32 Å². The zero-order valence-corrected chi connectivity index (χ0v) is 12.4. The summed E-state index contributed by atoms with van der Waals surface area (Å²) in [4.78, 5) is 0. The lowest BCUT2D eigenvalue weighted by molar-refractivity contribution is 0.265. The fourth-order valence-electron chi connectivity index (χ4n) is 1.87. The molecule has 1 aliphatic rings. The maximum atomic E-state index is 6.04. The van der Waals surface area contributed by atoms with Crippen molar-refractivity contribution in [3.05, 3.63) is 51.9 Å². The molecule has 20 heavy (non-hydrogen) atoms. The molecule has 1 heterocycles. The van der Waals surface area contributed by atoms with E-state index in [9.17, 15) is 0 Å². The van der Waals surface area contributed by atoms with Crippen molar-refractivity contribution in [2.75, 3.05) is 0 Å². The third-order valence-corrected chi connectivity index (χ3v) is 3.65. The molecule has 1 aromatic carbocycles. The Hall–Kier alpha value is -1.16. The first-order chi connectivity index (χ1) is 9.70. The van der Waals surface area contributed by atoms with Crippen LogP contribution in [0.2, 0.25) is 10.0 Å². The molecule has 0 spiro atoms. The molecule has 0 atom stereocenters. The summed E-state index contributed by atoms with van der Waals surface area (Å²) < 4.78 is 11.3. The second-order valence-corrected chi connectivity index (χ2v) is 5.73. The van der Waals surface area contributed by atoms with Gasteiger partial charge in [0.05, 0.1) is 11.6 Å². The van der Waals surface area contributed by atoms with E-state index in [4.69, 9.17) is 32.4 Å². The third kappa shape index (κ3) is 3.69. The van der Waals surface area contributed by atoms with Crippen molar-refractivity contribution in [2.24, 2.45) is 0 Å². The number of rotatable bonds is 6. The summed E-state index contributed by atoms with van der Waals surface area (Å²) in [6.07, 6.45) is 2.54. The van der Waals surface area contributed by atoms with Gasteiger partial charge in [-0.2, -0.15) is 0 Å². The Kier molecular flexibility index (Phi) is 4.20. The van der Waals surface area contributed by atoms with Crippen molar-refractivity contribution in [2.45, 2.75) is 32.0 Å². The zero-order valence-electron chi connectivity index (χ0n) is 10.9. The molecule has 1 N–H and O–H groups in total. The summed E-state index contributed by atoms with van der Waals surface area (Å²) in [5, 5.41) is 4.50. The van der Waals surface area contributed by atoms with Gasteiger partial charge in [0.25, 0.3) is 0 Å². The number of furan rings is 1. The summed E-state index contributed by atoms with van der Waals surface area (Å²) in [6, 6.07) is 9.73. The highest BCUT2D eigenvalue weighted by atomic mass is 35.5. The Labute approximate surface area is 127 Å². The van der Waals surface area contributed by atoms with E-state index >= 15 is 0 Å². The van der Waals surface area contributed by atoms with Gasteiger partial charge in [0.2, 0.25) is 0 Å². The zero-order chi connectivity index (χ0) is 13.9. The van der Waals surface area contributed by atoms with Crippen LogP contribution in [0, 0.1) is 0 Å². The summed E-state index contributed by atoms with van der Waals surface area (Å²) in [7, 11) is 0. The number of hydrogen-bond acceptors (Lipinski definition) is 3. The second kappa shape index (κ2) is 6.08. The van der Waals surface area contributed by atoms with Crippen molar-refractivity contribution in [1.29, 1.82) is 0 Å². The van der Waals surface area contributed by atoms with Crippen LogP contribution in [-0.2, 0) is 13.2 Å². The topological polar surface area (TPSA) is 34.4 Å². The van der Waals surface area contributed by atoms with Crippen LogP contribution in [0.1, 0.15) is 24.4 Å². The monoisotopic (exact) mass is 311 g/mol. The first kappa shape index (κ1) is 13.8. The van der Waals surface area contributed by atoms with Crippen LogP contribution >= 0.6 is 23.2 Å². The molecule has 1 fully saturated rings. The molecule has 3 rings (SSSR count). The van der Waals surface area contributed by atoms with E-state index in [1.165, 1.54) is 12.8 Å². The smallest absolute Gasteiger partial charge is 0.146 e. The summed E-state index contributed by atoms with van der Waals surface area (Å²) in [5.41, 5.74) is 0. The quantitative estimate of drug-likeness (QED) is 0.857. The summed E-state index contributed by atoms with van der Waals surface area (Å²) >= 11 is 11.9. The predicted octanol–water partition coefficient (Wildman–Crippen LogP) is 4.42. The van der Waals surface area contributed by atoms with Gasteiger partial charge in [-0.1, -0.05) is 23.2 Å². The van der Waals surface area contributed by atoms with Crippen molar-refractivity contribution < 1.29 is 9.15 Å².